The van der Waals surface area contributed by atoms with E-state index in [-0.39, 0.29) is 36.5 Å². The molecule has 0 aliphatic rings. The molecule has 3 nitrogen and oxygen atoms in total. The Bertz CT molecular complexity index is 502. The third-order valence-electron chi connectivity index (χ3n) is 3.82. The highest BCUT2D eigenvalue weighted by Crippen LogP contribution is 2.35. The molecule has 1 aromatic rings. The molecule has 22 heavy (non-hydrogen) atoms. The van der Waals surface area contributed by atoms with Crippen LogP contribution < -0.4 is 5.32 Å². The van der Waals surface area contributed by atoms with Crippen LogP contribution in [0.4, 0.5) is 13.2 Å². The van der Waals surface area contributed by atoms with Crippen molar-refractivity contribution in [3.63, 3.8) is 0 Å². The molecule has 0 aromatic heterocycles. The van der Waals surface area contributed by atoms with E-state index in [0.29, 0.717) is 0 Å². The highest BCUT2D eigenvalue weighted by atomic mass is 19.4. The number of aliphatic hydroxyl groups excluding tert-OH is 1. The third kappa shape index (κ3) is 5.02. The van der Waals surface area contributed by atoms with Crippen molar-refractivity contribution < 1.29 is 23.1 Å². The van der Waals surface area contributed by atoms with E-state index in [4.69, 9.17) is 5.11 Å². The summed E-state index contributed by atoms with van der Waals surface area (Å²) < 4.78 is 38.9. The van der Waals surface area contributed by atoms with Gasteiger partial charge in [0.15, 0.2) is 0 Å². The van der Waals surface area contributed by atoms with E-state index in [1.165, 1.54) is 18.2 Å². The van der Waals surface area contributed by atoms with Gasteiger partial charge < -0.3 is 10.4 Å². The average Bonchev–Trinajstić information content (AvgIpc) is 2.45. The van der Waals surface area contributed by atoms with Gasteiger partial charge in [-0.25, -0.2) is 0 Å². The van der Waals surface area contributed by atoms with Crippen LogP contribution in [0.25, 0.3) is 0 Å². The van der Waals surface area contributed by atoms with Gasteiger partial charge in [-0.2, -0.15) is 13.2 Å². The van der Waals surface area contributed by atoms with Crippen molar-refractivity contribution in [1.82, 2.24) is 5.32 Å². The first-order valence-electron chi connectivity index (χ1n) is 7.23. The van der Waals surface area contributed by atoms with Crippen LogP contribution in [-0.2, 0) is 11.0 Å². The Kier molecular flexibility index (Phi) is 6.41. The van der Waals surface area contributed by atoms with Gasteiger partial charge in [0.1, 0.15) is 0 Å². The van der Waals surface area contributed by atoms with Gasteiger partial charge in [-0.05, 0) is 30.4 Å². The van der Waals surface area contributed by atoms with E-state index < -0.39 is 17.7 Å². The normalized spacial score (nSPS) is 16.0. The smallest absolute Gasteiger partial charge is 0.396 e. The Balaban J connectivity index is 2.78. The van der Waals surface area contributed by atoms with Crippen molar-refractivity contribution in [3.05, 3.63) is 35.4 Å². The van der Waals surface area contributed by atoms with Crippen molar-refractivity contribution in [2.24, 2.45) is 5.92 Å². The summed E-state index contributed by atoms with van der Waals surface area (Å²) in [5, 5.41) is 11.7. The lowest BCUT2D eigenvalue weighted by Gasteiger charge is -2.22. The Morgan fingerprint density at radius 3 is 2.36 bits per heavy atom. The summed E-state index contributed by atoms with van der Waals surface area (Å²) >= 11 is 0. The van der Waals surface area contributed by atoms with Gasteiger partial charge in [0, 0.05) is 19.1 Å². The van der Waals surface area contributed by atoms with Crippen LogP contribution in [0.15, 0.2) is 24.3 Å². The maximum atomic E-state index is 13.0. The zero-order chi connectivity index (χ0) is 16.9. The van der Waals surface area contributed by atoms with E-state index >= 15 is 0 Å². The van der Waals surface area contributed by atoms with Gasteiger partial charge in [-0.1, -0.05) is 32.0 Å². The van der Waals surface area contributed by atoms with Crippen LogP contribution in [0.5, 0.6) is 0 Å². The molecule has 0 aliphatic heterocycles. The second-order valence-electron chi connectivity index (χ2n) is 5.71. The fourth-order valence-corrected chi connectivity index (χ4v) is 2.19. The van der Waals surface area contributed by atoms with Gasteiger partial charge in [0.05, 0.1) is 5.56 Å². The molecule has 2 N–H and O–H groups in total. The minimum atomic E-state index is -4.43. The van der Waals surface area contributed by atoms with Crippen molar-refractivity contribution in [2.75, 3.05) is 6.61 Å². The van der Waals surface area contributed by atoms with Crippen LogP contribution in [0.2, 0.25) is 0 Å². The third-order valence-corrected chi connectivity index (χ3v) is 3.82. The molecule has 0 saturated heterocycles. The van der Waals surface area contributed by atoms with Gasteiger partial charge in [-0.15, -0.1) is 0 Å². The zero-order valence-corrected chi connectivity index (χ0v) is 12.9. The number of nitrogens with one attached hydrogen (secondary N) is 1. The molecule has 1 amide bonds. The largest absolute Gasteiger partial charge is 0.416 e. The number of hydrogen-bond acceptors (Lipinski definition) is 2. The summed E-state index contributed by atoms with van der Waals surface area (Å²) in [4.78, 5) is 11.9. The number of halogens is 3. The van der Waals surface area contributed by atoms with E-state index in [0.717, 1.165) is 6.07 Å². The molecule has 3 unspecified atom stereocenters. The molecular weight excluding hydrogens is 295 g/mol. The van der Waals surface area contributed by atoms with Crippen LogP contribution >= 0.6 is 0 Å². The van der Waals surface area contributed by atoms with E-state index in [2.05, 4.69) is 5.32 Å². The number of benzene rings is 1. The lowest BCUT2D eigenvalue weighted by atomic mass is 9.92. The fraction of sp³-hybridized carbons (Fsp3) is 0.562. The summed E-state index contributed by atoms with van der Waals surface area (Å²) in [6, 6.07) is 5.07. The summed E-state index contributed by atoms with van der Waals surface area (Å²) in [5.41, 5.74) is -0.583. The summed E-state index contributed by atoms with van der Waals surface area (Å²) in [5.74, 6) is -0.978. The number of alkyl halides is 3. The van der Waals surface area contributed by atoms with E-state index in [9.17, 15) is 18.0 Å². The standard InChI is InChI=1S/C16H22F3NO2/c1-10(8-15(22)20-12(3)11(2)9-21)13-6-4-5-7-14(13)16(17,18)19/h4-7,10-12,21H,8-9H2,1-3H3,(H,20,22). The number of carbonyl (C=O) groups excluding carboxylic acids is 1. The number of carbonyl (C=O) groups is 1. The minimum absolute atomic E-state index is 0.0322. The SMILES string of the molecule is CC(CC(=O)NC(C)C(C)CO)c1ccccc1C(F)(F)F. The van der Waals surface area contributed by atoms with Crippen molar-refractivity contribution in [2.45, 2.75) is 45.3 Å². The molecular formula is C16H22F3NO2. The molecule has 0 radical (unpaired) electrons. The van der Waals surface area contributed by atoms with Gasteiger partial charge >= 0.3 is 6.18 Å². The highest BCUT2D eigenvalue weighted by Gasteiger charge is 2.34. The van der Waals surface area contributed by atoms with Crippen molar-refractivity contribution in [1.29, 1.82) is 0 Å². The Hall–Kier alpha value is -1.56. The minimum Gasteiger partial charge on any atom is -0.396 e. The maximum absolute atomic E-state index is 13.0. The molecule has 0 bridgehead atoms. The number of amides is 1. The number of hydrogen-bond donors (Lipinski definition) is 2. The summed E-state index contributed by atoms with van der Waals surface area (Å²) in [6.07, 6.45) is -4.46. The molecule has 0 spiro atoms. The predicted octanol–water partition coefficient (Wildman–Crippen LogP) is 3.33. The first kappa shape index (κ1) is 18.5. The van der Waals surface area contributed by atoms with Crippen molar-refractivity contribution >= 4 is 5.91 Å². The zero-order valence-electron chi connectivity index (χ0n) is 12.9. The first-order valence-corrected chi connectivity index (χ1v) is 7.23. The second-order valence-corrected chi connectivity index (χ2v) is 5.71. The molecule has 0 fully saturated rings. The maximum Gasteiger partial charge on any atom is 0.416 e. The molecule has 0 heterocycles. The van der Waals surface area contributed by atoms with Crippen LogP contribution in [0.1, 0.15) is 44.2 Å². The lowest BCUT2D eigenvalue weighted by molar-refractivity contribution is -0.138. The second kappa shape index (κ2) is 7.63. The monoisotopic (exact) mass is 317 g/mol. The van der Waals surface area contributed by atoms with Gasteiger partial charge in [-0.3, -0.25) is 4.79 Å². The highest BCUT2D eigenvalue weighted by molar-refractivity contribution is 5.77. The summed E-state index contributed by atoms with van der Waals surface area (Å²) in [6.45, 7) is 5.08. The number of rotatable bonds is 6. The molecule has 0 saturated carbocycles. The topological polar surface area (TPSA) is 49.3 Å². The van der Waals surface area contributed by atoms with Gasteiger partial charge in [0.2, 0.25) is 5.91 Å². The Morgan fingerprint density at radius 2 is 1.82 bits per heavy atom. The lowest BCUT2D eigenvalue weighted by Crippen LogP contribution is -2.38. The molecule has 3 atom stereocenters. The Morgan fingerprint density at radius 1 is 1.23 bits per heavy atom. The molecule has 124 valence electrons. The van der Waals surface area contributed by atoms with Gasteiger partial charge in [0.25, 0.3) is 0 Å². The van der Waals surface area contributed by atoms with Crippen molar-refractivity contribution in [3.8, 4) is 0 Å². The van der Waals surface area contributed by atoms with Crippen LogP contribution in [-0.4, -0.2) is 23.7 Å². The number of aliphatic hydroxyl groups is 1. The van der Waals surface area contributed by atoms with E-state index in [1.807, 2.05) is 0 Å². The quantitative estimate of drug-likeness (QED) is 0.845. The fourth-order valence-electron chi connectivity index (χ4n) is 2.19. The van der Waals surface area contributed by atoms with Crippen LogP contribution in [0.3, 0.4) is 0 Å². The molecule has 6 heteroatoms. The Labute approximate surface area is 128 Å². The molecule has 1 rings (SSSR count). The summed E-state index contributed by atoms with van der Waals surface area (Å²) in [7, 11) is 0. The predicted molar refractivity (Wildman–Crippen MR) is 78.3 cm³/mol. The first-order chi connectivity index (χ1) is 10.2. The molecule has 1 aromatic carbocycles. The van der Waals surface area contributed by atoms with E-state index in [1.54, 1.807) is 20.8 Å². The average molecular weight is 317 g/mol. The van der Waals surface area contributed by atoms with Crippen LogP contribution in [0, 0.1) is 5.92 Å². The molecule has 0 aliphatic carbocycles.